The third kappa shape index (κ3) is 6.07. The quantitative estimate of drug-likeness (QED) is 0.438. The summed E-state index contributed by atoms with van der Waals surface area (Å²) in [6, 6.07) is 12.8. The van der Waals surface area contributed by atoms with Gasteiger partial charge in [-0.15, -0.1) is 0 Å². The van der Waals surface area contributed by atoms with Crippen molar-refractivity contribution < 1.29 is 14.5 Å². The van der Waals surface area contributed by atoms with E-state index in [0.29, 0.717) is 17.0 Å². The molecule has 2 aromatic rings. The molecule has 1 fully saturated rings. The minimum Gasteiger partial charge on any atom is -0.352 e. The van der Waals surface area contributed by atoms with Crippen LogP contribution in [0.4, 0.5) is 5.69 Å². The maximum atomic E-state index is 13.4. The Morgan fingerprint density at radius 2 is 1.81 bits per heavy atom. The Labute approximate surface area is 192 Å². The summed E-state index contributed by atoms with van der Waals surface area (Å²) in [4.78, 5) is 38.9. The number of hydrogen-bond acceptors (Lipinski definition) is 4. The van der Waals surface area contributed by atoms with Gasteiger partial charge in [0, 0.05) is 29.2 Å². The molecule has 8 heteroatoms. The van der Waals surface area contributed by atoms with Crippen molar-refractivity contribution in [1.29, 1.82) is 0 Å². The predicted octanol–water partition coefficient (Wildman–Crippen LogP) is 4.66. The number of halogens is 1. The van der Waals surface area contributed by atoms with Gasteiger partial charge in [0.25, 0.3) is 5.69 Å². The van der Waals surface area contributed by atoms with Crippen molar-refractivity contribution in [1.82, 2.24) is 10.2 Å². The number of nitrogens with one attached hydrogen (secondary N) is 1. The van der Waals surface area contributed by atoms with Crippen LogP contribution in [0.25, 0.3) is 0 Å². The molecular weight excluding hydrogens is 430 g/mol. The highest BCUT2D eigenvalue weighted by Crippen LogP contribution is 2.23. The number of nitro benzene ring substituents is 1. The van der Waals surface area contributed by atoms with Crippen LogP contribution in [0.15, 0.2) is 48.5 Å². The number of carbonyl (C=O) groups is 2. The first-order valence-corrected chi connectivity index (χ1v) is 11.3. The number of benzene rings is 2. The van der Waals surface area contributed by atoms with Crippen molar-refractivity contribution in [2.45, 2.75) is 64.1 Å². The first kappa shape index (κ1) is 23.7. The Balaban J connectivity index is 1.86. The number of carbonyl (C=O) groups excluding carboxylic acids is 2. The van der Waals surface area contributed by atoms with E-state index in [1.807, 2.05) is 19.1 Å². The highest BCUT2D eigenvalue weighted by molar-refractivity contribution is 6.30. The second kappa shape index (κ2) is 11.1. The molecule has 0 aromatic heterocycles. The summed E-state index contributed by atoms with van der Waals surface area (Å²) in [7, 11) is 0. The molecule has 1 saturated carbocycles. The first-order chi connectivity index (χ1) is 15.4. The molecule has 1 atom stereocenters. The Kier molecular flexibility index (Phi) is 8.22. The zero-order valence-corrected chi connectivity index (χ0v) is 18.9. The summed E-state index contributed by atoms with van der Waals surface area (Å²) in [5, 5.41) is 15.1. The topological polar surface area (TPSA) is 92.6 Å². The number of nitro groups is 1. The van der Waals surface area contributed by atoms with Gasteiger partial charge in [-0.2, -0.15) is 0 Å². The second-order valence-corrected chi connectivity index (χ2v) is 8.56. The molecule has 0 spiro atoms. The van der Waals surface area contributed by atoms with Crippen molar-refractivity contribution in [3.8, 4) is 0 Å². The Hall–Kier alpha value is -2.93. The smallest absolute Gasteiger partial charge is 0.273 e. The molecule has 0 saturated heterocycles. The summed E-state index contributed by atoms with van der Waals surface area (Å²) < 4.78 is 0. The third-order valence-corrected chi connectivity index (χ3v) is 6.14. The number of rotatable bonds is 9. The van der Waals surface area contributed by atoms with Crippen molar-refractivity contribution in [3.63, 3.8) is 0 Å². The molecule has 0 unspecified atom stereocenters. The van der Waals surface area contributed by atoms with Gasteiger partial charge in [-0.25, -0.2) is 0 Å². The van der Waals surface area contributed by atoms with Gasteiger partial charge in [0.1, 0.15) is 6.04 Å². The van der Waals surface area contributed by atoms with Gasteiger partial charge in [0.05, 0.1) is 11.3 Å². The van der Waals surface area contributed by atoms with Crippen molar-refractivity contribution in [3.05, 3.63) is 74.8 Å². The second-order valence-electron chi connectivity index (χ2n) is 8.12. The summed E-state index contributed by atoms with van der Waals surface area (Å²) in [6.45, 7) is 2.08. The summed E-state index contributed by atoms with van der Waals surface area (Å²) >= 11 is 5.99. The van der Waals surface area contributed by atoms with Gasteiger partial charge in [0.15, 0.2) is 0 Å². The zero-order chi connectivity index (χ0) is 23.1. The number of nitrogens with zero attached hydrogens (tertiary/aromatic N) is 2. The third-order valence-electron chi connectivity index (χ3n) is 5.88. The van der Waals surface area contributed by atoms with Gasteiger partial charge in [-0.3, -0.25) is 19.7 Å². The molecule has 0 heterocycles. The fourth-order valence-electron chi connectivity index (χ4n) is 4.18. The summed E-state index contributed by atoms with van der Waals surface area (Å²) in [5.41, 5.74) is 1.06. The molecule has 170 valence electrons. The lowest BCUT2D eigenvalue weighted by Gasteiger charge is -2.31. The van der Waals surface area contributed by atoms with E-state index >= 15 is 0 Å². The minimum atomic E-state index is -0.665. The molecule has 1 N–H and O–H groups in total. The number of para-hydroxylation sites is 1. The van der Waals surface area contributed by atoms with Crippen LogP contribution in [-0.2, 0) is 22.6 Å². The van der Waals surface area contributed by atoms with Gasteiger partial charge in [0.2, 0.25) is 11.8 Å². The van der Waals surface area contributed by atoms with Crippen molar-refractivity contribution in [2.24, 2.45) is 0 Å². The van der Waals surface area contributed by atoms with Crippen molar-refractivity contribution >= 4 is 29.1 Å². The van der Waals surface area contributed by atoms with E-state index in [9.17, 15) is 19.7 Å². The molecule has 0 radical (unpaired) electrons. The van der Waals surface area contributed by atoms with Crippen molar-refractivity contribution in [2.75, 3.05) is 0 Å². The SMILES string of the molecule is CC[C@@H](C(=O)NC1CCCC1)N(Cc1ccc(Cl)cc1)C(=O)Cc1ccccc1[N+](=O)[O-]. The maximum absolute atomic E-state index is 13.4. The normalized spacial score (nSPS) is 14.7. The van der Waals surface area contributed by atoms with Gasteiger partial charge >= 0.3 is 0 Å². The monoisotopic (exact) mass is 457 g/mol. The van der Waals surface area contributed by atoms with Crippen LogP contribution in [0, 0.1) is 10.1 Å². The van der Waals surface area contributed by atoms with Crippen LogP contribution < -0.4 is 5.32 Å². The zero-order valence-electron chi connectivity index (χ0n) is 18.1. The highest BCUT2D eigenvalue weighted by Gasteiger charge is 2.31. The van der Waals surface area contributed by atoms with Crippen LogP contribution in [0.3, 0.4) is 0 Å². The van der Waals surface area contributed by atoms with Gasteiger partial charge in [-0.05, 0) is 37.0 Å². The lowest BCUT2D eigenvalue weighted by atomic mass is 10.0. The van der Waals surface area contributed by atoms with E-state index in [2.05, 4.69) is 5.32 Å². The number of amides is 2. The maximum Gasteiger partial charge on any atom is 0.273 e. The fourth-order valence-corrected chi connectivity index (χ4v) is 4.30. The molecular formula is C24H28ClN3O4. The van der Waals surface area contributed by atoms with E-state index in [0.717, 1.165) is 31.2 Å². The Bertz CT molecular complexity index is 958. The molecule has 1 aliphatic rings. The predicted molar refractivity (Wildman–Crippen MR) is 123 cm³/mol. The van der Waals surface area contributed by atoms with Crippen LogP contribution in [-0.4, -0.2) is 33.7 Å². The molecule has 32 heavy (non-hydrogen) atoms. The fraction of sp³-hybridized carbons (Fsp3) is 0.417. The summed E-state index contributed by atoms with van der Waals surface area (Å²) in [6.07, 6.45) is 4.36. The van der Waals surface area contributed by atoms with Crippen LogP contribution >= 0.6 is 11.6 Å². The lowest BCUT2D eigenvalue weighted by molar-refractivity contribution is -0.385. The molecule has 7 nitrogen and oxygen atoms in total. The Morgan fingerprint density at radius 1 is 1.16 bits per heavy atom. The van der Waals surface area contributed by atoms with E-state index in [4.69, 9.17) is 11.6 Å². The number of hydrogen-bond donors (Lipinski definition) is 1. The largest absolute Gasteiger partial charge is 0.352 e. The van der Waals surface area contributed by atoms with E-state index in [1.54, 1.807) is 30.3 Å². The standard InChI is InChI=1S/C24H28ClN3O4/c1-2-21(24(30)26-20-8-4-5-9-20)27(16-17-11-13-19(25)14-12-17)23(29)15-18-7-3-6-10-22(18)28(31)32/h3,6-7,10-14,20-21H,2,4-5,8-9,15-16H2,1H3,(H,26,30)/t21-/m0/s1. The molecule has 1 aliphatic carbocycles. The van der Waals surface area contributed by atoms with Crippen LogP contribution in [0.5, 0.6) is 0 Å². The van der Waals surface area contributed by atoms with Gasteiger partial charge < -0.3 is 10.2 Å². The molecule has 3 rings (SSSR count). The lowest BCUT2D eigenvalue weighted by Crippen LogP contribution is -2.51. The average molecular weight is 458 g/mol. The van der Waals surface area contributed by atoms with Gasteiger partial charge in [-0.1, -0.05) is 61.7 Å². The van der Waals surface area contributed by atoms with E-state index in [-0.39, 0.29) is 36.5 Å². The molecule has 2 amide bonds. The minimum absolute atomic E-state index is 0.101. The first-order valence-electron chi connectivity index (χ1n) is 11.0. The van der Waals surface area contributed by atoms with Crippen LogP contribution in [0.1, 0.15) is 50.2 Å². The van der Waals surface area contributed by atoms with E-state index < -0.39 is 11.0 Å². The average Bonchev–Trinajstić information content (AvgIpc) is 3.28. The highest BCUT2D eigenvalue weighted by atomic mass is 35.5. The molecule has 2 aromatic carbocycles. The Morgan fingerprint density at radius 3 is 2.44 bits per heavy atom. The molecule has 0 bridgehead atoms. The summed E-state index contributed by atoms with van der Waals surface area (Å²) in [5.74, 6) is -0.507. The molecule has 0 aliphatic heterocycles. The van der Waals surface area contributed by atoms with Crippen LogP contribution in [0.2, 0.25) is 5.02 Å². The van der Waals surface area contributed by atoms with E-state index in [1.165, 1.54) is 11.0 Å².